The predicted molar refractivity (Wildman–Crippen MR) is 185 cm³/mol. The van der Waals surface area contributed by atoms with Crippen LogP contribution >= 0.6 is 31.9 Å². The molecule has 2 aliphatic rings. The summed E-state index contributed by atoms with van der Waals surface area (Å²) in [6.07, 6.45) is -1.07. The molecule has 2 atom stereocenters. The highest BCUT2D eigenvalue weighted by atomic mass is 79.9. The van der Waals surface area contributed by atoms with Crippen molar-refractivity contribution in [2.24, 2.45) is 0 Å². The Morgan fingerprint density at radius 1 is 0.702 bits per heavy atom. The van der Waals surface area contributed by atoms with Crippen LogP contribution in [0.15, 0.2) is 69.6 Å². The molecule has 2 heterocycles. The van der Waals surface area contributed by atoms with Crippen LogP contribution in [0.3, 0.4) is 0 Å². The number of fused-ring (bicyclic) bond motifs is 2. The molecule has 0 saturated heterocycles. The van der Waals surface area contributed by atoms with E-state index in [4.69, 9.17) is 28.4 Å². The van der Waals surface area contributed by atoms with E-state index in [-0.39, 0.29) is 12.1 Å². The van der Waals surface area contributed by atoms with Gasteiger partial charge in [0.2, 0.25) is 5.75 Å². The first-order chi connectivity index (χ1) is 22.6. The van der Waals surface area contributed by atoms with Gasteiger partial charge in [-0.1, -0.05) is 34.1 Å². The van der Waals surface area contributed by atoms with Gasteiger partial charge in [0.15, 0.2) is 17.6 Å². The van der Waals surface area contributed by atoms with Crippen LogP contribution in [-0.2, 0) is 4.74 Å². The molecule has 2 aliphatic heterocycles. The van der Waals surface area contributed by atoms with Gasteiger partial charge < -0.3 is 39.1 Å². The number of nitrogens with one attached hydrogen (secondary N) is 3. The van der Waals surface area contributed by atoms with Gasteiger partial charge in [-0.25, -0.2) is 9.59 Å². The number of rotatable bonds is 7. The highest BCUT2D eigenvalue weighted by Crippen LogP contribution is 2.44. The average molecular weight is 771 g/mol. The maximum absolute atomic E-state index is 12.0. The van der Waals surface area contributed by atoms with Crippen LogP contribution in [0.1, 0.15) is 40.0 Å². The van der Waals surface area contributed by atoms with E-state index < -0.39 is 12.2 Å². The van der Waals surface area contributed by atoms with E-state index in [1.807, 2.05) is 67.6 Å². The molecule has 4 aromatic carbocycles. The van der Waals surface area contributed by atoms with E-state index in [0.29, 0.717) is 34.4 Å². The SMILES string of the molecule is COc1cc(C2NC(=O)Nc3ccccc32)cc(OC)c1OC.COc1cc(C2OC(=O)Nc3c(Br)cc(Br)cc32)cc(OC)c1C. The number of hydrogen-bond acceptors (Lipinski definition) is 8. The van der Waals surface area contributed by atoms with Crippen LogP contribution in [0.25, 0.3) is 0 Å². The smallest absolute Gasteiger partial charge is 0.412 e. The molecule has 4 aromatic rings. The number of halogens is 2. The van der Waals surface area contributed by atoms with E-state index in [1.54, 1.807) is 35.5 Å². The Kier molecular flexibility index (Phi) is 10.4. The molecule has 47 heavy (non-hydrogen) atoms. The van der Waals surface area contributed by atoms with E-state index in [2.05, 4.69) is 47.8 Å². The van der Waals surface area contributed by atoms with E-state index in [1.165, 1.54) is 0 Å². The van der Waals surface area contributed by atoms with E-state index in [0.717, 1.165) is 42.5 Å². The molecule has 0 bridgehead atoms. The van der Waals surface area contributed by atoms with Crippen LogP contribution in [-0.4, -0.2) is 47.7 Å². The molecule has 2 unspecified atom stereocenters. The molecule has 0 saturated carbocycles. The minimum Gasteiger partial charge on any atom is -0.496 e. The van der Waals surface area contributed by atoms with Gasteiger partial charge in [0.25, 0.3) is 0 Å². The summed E-state index contributed by atoms with van der Waals surface area (Å²) >= 11 is 6.96. The van der Waals surface area contributed by atoms with Gasteiger partial charge in [-0.05, 0) is 70.9 Å². The minimum atomic E-state index is -0.564. The number of carbonyl (C=O) groups excluding carboxylic acids is 2. The number of amides is 3. The molecule has 6 rings (SSSR count). The number of ether oxygens (including phenoxy) is 6. The van der Waals surface area contributed by atoms with Gasteiger partial charge in [-0.3, -0.25) is 5.32 Å². The third-order valence-electron chi connectivity index (χ3n) is 7.71. The first kappa shape index (κ1) is 33.7. The van der Waals surface area contributed by atoms with Crippen molar-refractivity contribution >= 4 is 55.4 Å². The van der Waals surface area contributed by atoms with Crippen molar-refractivity contribution in [2.45, 2.75) is 19.1 Å². The monoisotopic (exact) mass is 769 g/mol. The standard InChI is InChI=1S/C17H15Br2NO4.C17H18N2O4/c1-8-13(22-2)4-9(5-14(8)23-3)16-11-6-10(18)7-12(19)15(11)20-17(21)24-16;1-21-13-8-10(9-14(22-2)16(13)23-3)15-11-6-4-5-7-12(11)18-17(20)19-15/h4-7,16H,1-3H3,(H,20,21);4-9,15H,1-3H3,(H2,18,19,20). The lowest BCUT2D eigenvalue weighted by Gasteiger charge is -2.28. The Morgan fingerprint density at radius 2 is 1.30 bits per heavy atom. The summed E-state index contributed by atoms with van der Waals surface area (Å²) in [7, 11) is 7.88. The molecular formula is C34H33Br2N3O8. The summed E-state index contributed by atoms with van der Waals surface area (Å²) in [6, 6.07) is 18.3. The fraction of sp³-hybridized carbons (Fsp3) is 0.235. The number of hydrogen-bond donors (Lipinski definition) is 3. The highest BCUT2D eigenvalue weighted by Gasteiger charge is 2.31. The molecular weight excluding hydrogens is 738 g/mol. The molecule has 0 spiro atoms. The first-order valence-corrected chi connectivity index (χ1v) is 15.9. The van der Waals surface area contributed by atoms with Gasteiger partial charge in [0.05, 0.1) is 47.3 Å². The van der Waals surface area contributed by atoms with Gasteiger partial charge >= 0.3 is 12.1 Å². The van der Waals surface area contributed by atoms with Gasteiger partial charge in [0.1, 0.15) is 11.5 Å². The van der Waals surface area contributed by atoms with Gasteiger partial charge in [-0.15, -0.1) is 0 Å². The lowest BCUT2D eigenvalue weighted by atomic mass is 9.95. The number of urea groups is 1. The molecule has 3 N–H and O–H groups in total. The maximum Gasteiger partial charge on any atom is 0.412 e. The Hall–Kier alpha value is -4.62. The summed E-state index contributed by atoms with van der Waals surface area (Å²) in [5, 5.41) is 8.46. The van der Waals surface area contributed by atoms with Crippen molar-refractivity contribution in [3.05, 3.63) is 97.4 Å². The van der Waals surface area contributed by atoms with Crippen molar-refractivity contribution in [2.75, 3.05) is 46.2 Å². The largest absolute Gasteiger partial charge is 0.496 e. The third-order valence-corrected chi connectivity index (χ3v) is 8.80. The molecule has 11 nitrogen and oxygen atoms in total. The Morgan fingerprint density at radius 3 is 1.89 bits per heavy atom. The summed E-state index contributed by atoms with van der Waals surface area (Å²) in [5.74, 6) is 2.97. The fourth-order valence-corrected chi connectivity index (χ4v) is 6.86. The third kappa shape index (κ3) is 6.91. The normalized spacial score (nSPS) is 16.0. The Balaban J connectivity index is 0.000000185. The zero-order valence-electron chi connectivity index (χ0n) is 26.5. The Labute approximate surface area is 289 Å². The zero-order valence-corrected chi connectivity index (χ0v) is 29.6. The van der Waals surface area contributed by atoms with Crippen LogP contribution in [0.5, 0.6) is 28.7 Å². The number of para-hydroxylation sites is 1. The van der Waals surface area contributed by atoms with Gasteiger partial charge in [-0.2, -0.15) is 0 Å². The van der Waals surface area contributed by atoms with Crippen LogP contribution in [0.4, 0.5) is 21.0 Å². The number of methoxy groups -OCH3 is 5. The van der Waals surface area contributed by atoms with E-state index >= 15 is 0 Å². The predicted octanol–water partition coefficient (Wildman–Crippen LogP) is 8.13. The second-order valence-corrected chi connectivity index (χ2v) is 12.2. The van der Waals surface area contributed by atoms with Crippen molar-refractivity contribution in [3.63, 3.8) is 0 Å². The second-order valence-electron chi connectivity index (χ2n) is 10.4. The molecule has 13 heteroatoms. The minimum absolute atomic E-state index is 0.248. The summed E-state index contributed by atoms with van der Waals surface area (Å²) in [5.41, 5.74) is 5.80. The summed E-state index contributed by atoms with van der Waals surface area (Å²) in [6.45, 7) is 1.91. The fourth-order valence-electron chi connectivity index (χ4n) is 5.50. The average Bonchev–Trinajstić information content (AvgIpc) is 3.07. The van der Waals surface area contributed by atoms with Gasteiger partial charge in [0, 0.05) is 36.9 Å². The number of carbonyl (C=O) groups is 2. The first-order valence-electron chi connectivity index (χ1n) is 14.3. The Bertz CT molecular complexity index is 1780. The second kappa shape index (κ2) is 14.4. The number of cyclic esters (lactones) is 1. The quantitative estimate of drug-likeness (QED) is 0.172. The van der Waals surface area contributed by atoms with Crippen LogP contribution in [0.2, 0.25) is 0 Å². The molecule has 0 aliphatic carbocycles. The molecule has 0 aromatic heterocycles. The van der Waals surface area contributed by atoms with Crippen LogP contribution < -0.4 is 39.6 Å². The van der Waals surface area contributed by atoms with Crippen molar-refractivity contribution in [1.29, 1.82) is 0 Å². The van der Waals surface area contributed by atoms with E-state index in [9.17, 15) is 9.59 Å². The number of benzene rings is 4. The lowest BCUT2D eigenvalue weighted by molar-refractivity contribution is 0.126. The van der Waals surface area contributed by atoms with Crippen molar-refractivity contribution in [3.8, 4) is 28.7 Å². The molecule has 0 fully saturated rings. The molecule has 246 valence electrons. The molecule has 0 radical (unpaired) electrons. The summed E-state index contributed by atoms with van der Waals surface area (Å²) < 4.78 is 34.2. The summed E-state index contributed by atoms with van der Waals surface area (Å²) in [4.78, 5) is 23.9. The van der Waals surface area contributed by atoms with Crippen molar-refractivity contribution in [1.82, 2.24) is 5.32 Å². The lowest BCUT2D eigenvalue weighted by Crippen LogP contribution is -2.38. The topological polar surface area (TPSA) is 126 Å². The maximum atomic E-state index is 12.0. The number of anilines is 2. The van der Waals surface area contributed by atoms with Crippen molar-refractivity contribution < 1.29 is 38.0 Å². The van der Waals surface area contributed by atoms with Crippen LogP contribution in [0, 0.1) is 6.92 Å². The zero-order chi connectivity index (χ0) is 33.8. The highest BCUT2D eigenvalue weighted by molar-refractivity contribution is 9.11. The molecule has 3 amide bonds.